The smallest absolute Gasteiger partial charge is 0.0807 e. The Morgan fingerprint density at radius 3 is 2.46 bits per heavy atom. The molecule has 0 radical (unpaired) electrons. The van der Waals surface area contributed by atoms with Crippen molar-refractivity contribution in [1.82, 2.24) is 0 Å². The van der Waals surface area contributed by atoms with E-state index in [0.29, 0.717) is 0 Å². The Labute approximate surface area is 79.8 Å². The molecule has 1 aromatic rings. The molecule has 13 heavy (non-hydrogen) atoms. The molecular formula is C11H17NO. The summed E-state index contributed by atoms with van der Waals surface area (Å²) in [7, 11) is 3.97. The summed E-state index contributed by atoms with van der Waals surface area (Å²) in [4.78, 5) is 2.02. The Balaban J connectivity index is 3.04. The second-order valence-electron chi connectivity index (χ2n) is 3.38. The molecule has 1 aromatic carbocycles. The van der Waals surface area contributed by atoms with Crippen LogP contribution in [0.1, 0.15) is 25.0 Å². The van der Waals surface area contributed by atoms with E-state index in [4.69, 9.17) is 0 Å². The quantitative estimate of drug-likeness (QED) is 0.769. The number of anilines is 1. The van der Waals surface area contributed by atoms with Crippen LogP contribution in [0.2, 0.25) is 0 Å². The van der Waals surface area contributed by atoms with Crippen molar-refractivity contribution in [3.8, 4) is 0 Å². The molecule has 0 bridgehead atoms. The molecule has 0 amide bonds. The average molecular weight is 179 g/mol. The van der Waals surface area contributed by atoms with Gasteiger partial charge in [-0.05, 0) is 12.5 Å². The number of aliphatic hydroxyl groups is 1. The topological polar surface area (TPSA) is 23.5 Å². The Kier molecular flexibility index (Phi) is 3.32. The minimum atomic E-state index is -0.349. The molecule has 0 aliphatic heterocycles. The van der Waals surface area contributed by atoms with Crippen molar-refractivity contribution in [1.29, 1.82) is 0 Å². The third-order valence-corrected chi connectivity index (χ3v) is 2.16. The molecule has 0 aliphatic rings. The maximum atomic E-state index is 9.73. The van der Waals surface area contributed by atoms with Gasteiger partial charge in [0.05, 0.1) is 6.10 Å². The zero-order chi connectivity index (χ0) is 9.84. The fourth-order valence-electron chi connectivity index (χ4n) is 1.40. The summed E-state index contributed by atoms with van der Waals surface area (Å²) in [6.45, 7) is 1.98. The molecule has 2 nitrogen and oxygen atoms in total. The van der Waals surface area contributed by atoms with Crippen molar-refractivity contribution in [2.45, 2.75) is 19.4 Å². The van der Waals surface area contributed by atoms with Gasteiger partial charge in [0.25, 0.3) is 0 Å². The van der Waals surface area contributed by atoms with Crippen LogP contribution in [0, 0.1) is 0 Å². The summed E-state index contributed by atoms with van der Waals surface area (Å²) >= 11 is 0. The van der Waals surface area contributed by atoms with Gasteiger partial charge in [0.15, 0.2) is 0 Å². The normalized spacial score (nSPS) is 12.6. The number of nitrogens with zero attached hydrogens (tertiary/aromatic N) is 1. The molecule has 0 saturated heterocycles. The third kappa shape index (κ3) is 2.22. The van der Waals surface area contributed by atoms with Crippen molar-refractivity contribution in [3.63, 3.8) is 0 Å². The van der Waals surface area contributed by atoms with Crippen LogP contribution in [-0.4, -0.2) is 19.2 Å². The highest BCUT2D eigenvalue weighted by molar-refractivity contribution is 5.53. The van der Waals surface area contributed by atoms with Gasteiger partial charge >= 0.3 is 0 Å². The van der Waals surface area contributed by atoms with Crippen LogP contribution in [0.15, 0.2) is 24.3 Å². The van der Waals surface area contributed by atoms with Crippen LogP contribution in [-0.2, 0) is 0 Å². The van der Waals surface area contributed by atoms with Crippen molar-refractivity contribution < 1.29 is 5.11 Å². The maximum Gasteiger partial charge on any atom is 0.0807 e. The average Bonchev–Trinajstić information content (AvgIpc) is 2.16. The minimum Gasteiger partial charge on any atom is -0.388 e. The summed E-state index contributed by atoms with van der Waals surface area (Å²) < 4.78 is 0. The predicted octanol–water partition coefficient (Wildman–Crippen LogP) is 2.20. The first kappa shape index (κ1) is 10.1. The molecule has 1 atom stereocenters. The van der Waals surface area contributed by atoms with Crippen LogP contribution >= 0.6 is 0 Å². The van der Waals surface area contributed by atoms with E-state index in [0.717, 1.165) is 17.7 Å². The fourth-order valence-corrected chi connectivity index (χ4v) is 1.40. The molecule has 0 aromatic heterocycles. The van der Waals surface area contributed by atoms with E-state index < -0.39 is 0 Å². The van der Waals surface area contributed by atoms with Crippen LogP contribution in [0.5, 0.6) is 0 Å². The molecule has 0 fully saturated rings. The fraction of sp³-hybridized carbons (Fsp3) is 0.455. The van der Waals surface area contributed by atoms with Gasteiger partial charge < -0.3 is 10.0 Å². The SMILES string of the molecule is CCC(O)c1ccccc1N(C)C. The standard InChI is InChI=1S/C11H17NO/c1-4-11(13)9-7-5-6-8-10(9)12(2)3/h5-8,11,13H,4H2,1-3H3. The van der Waals surface area contributed by atoms with E-state index in [2.05, 4.69) is 0 Å². The molecule has 0 aliphatic carbocycles. The summed E-state index contributed by atoms with van der Waals surface area (Å²) in [6.07, 6.45) is 0.406. The Morgan fingerprint density at radius 2 is 1.92 bits per heavy atom. The lowest BCUT2D eigenvalue weighted by molar-refractivity contribution is 0.174. The summed E-state index contributed by atoms with van der Waals surface area (Å²) in [5, 5.41) is 9.73. The number of aliphatic hydroxyl groups excluding tert-OH is 1. The van der Waals surface area contributed by atoms with Crippen molar-refractivity contribution in [3.05, 3.63) is 29.8 Å². The van der Waals surface area contributed by atoms with Crippen LogP contribution in [0.3, 0.4) is 0 Å². The molecule has 2 heteroatoms. The van der Waals surface area contributed by atoms with E-state index in [-0.39, 0.29) is 6.10 Å². The molecule has 1 rings (SSSR count). The second kappa shape index (κ2) is 4.28. The highest BCUT2D eigenvalue weighted by Gasteiger charge is 2.10. The second-order valence-corrected chi connectivity index (χ2v) is 3.38. The number of rotatable bonds is 3. The van der Waals surface area contributed by atoms with Gasteiger partial charge in [-0.1, -0.05) is 25.1 Å². The third-order valence-electron chi connectivity index (χ3n) is 2.16. The van der Waals surface area contributed by atoms with E-state index in [1.807, 2.05) is 50.2 Å². The summed E-state index contributed by atoms with van der Waals surface area (Å²) in [5.41, 5.74) is 2.10. The first-order chi connectivity index (χ1) is 6.16. The minimum absolute atomic E-state index is 0.349. The molecule has 0 spiro atoms. The van der Waals surface area contributed by atoms with E-state index in [1.54, 1.807) is 0 Å². The van der Waals surface area contributed by atoms with Gasteiger partial charge in [-0.25, -0.2) is 0 Å². The van der Waals surface area contributed by atoms with Gasteiger partial charge in [0.1, 0.15) is 0 Å². The predicted molar refractivity (Wildman–Crippen MR) is 56.0 cm³/mol. The summed E-state index contributed by atoms with van der Waals surface area (Å²) in [6, 6.07) is 7.94. The van der Waals surface area contributed by atoms with Gasteiger partial charge in [0, 0.05) is 25.3 Å². The lowest BCUT2D eigenvalue weighted by Crippen LogP contribution is -2.12. The van der Waals surface area contributed by atoms with E-state index in [1.165, 1.54) is 0 Å². The van der Waals surface area contributed by atoms with E-state index >= 15 is 0 Å². The van der Waals surface area contributed by atoms with Gasteiger partial charge in [-0.3, -0.25) is 0 Å². The first-order valence-electron chi connectivity index (χ1n) is 4.61. The zero-order valence-corrected chi connectivity index (χ0v) is 8.49. The van der Waals surface area contributed by atoms with E-state index in [9.17, 15) is 5.11 Å². The Bertz CT molecular complexity index is 271. The van der Waals surface area contributed by atoms with Crippen LogP contribution in [0.25, 0.3) is 0 Å². The monoisotopic (exact) mass is 179 g/mol. The number of hydrogen-bond acceptors (Lipinski definition) is 2. The molecule has 0 heterocycles. The summed E-state index contributed by atoms with van der Waals surface area (Å²) in [5.74, 6) is 0. The van der Waals surface area contributed by atoms with Gasteiger partial charge in [-0.15, -0.1) is 0 Å². The van der Waals surface area contributed by atoms with Crippen molar-refractivity contribution in [2.24, 2.45) is 0 Å². The molecule has 1 unspecified atom stereocenters. The Morgan fingerprint density at radius 1 is 1.31 bits per heavy atom. The molecule has 1 N–H and O–H groups in total. The molecule has 0 saturated carbocycles. The maximum absolute atomic E-state index is 9.73. The largest absolute Gasteiger partial charge is 0.388 e. The van der Waals surface area contributed by atoms with Gasteiger partial charge in [-0.2, -0.15) is 0 Å². The lowest BCUT2D eigenvalue weighted by Gasteiger charge is -2.19. The molecular weight excluding hydrogens is 162 g/mol. The first-order valence-corrected chi connectivity index (χ1v) is 4.61. The Hall–Kier alpha value is -1.02. The number of para-hydroxylation sites is 1. The van der Waals surface area contributed by atoms with Crippen LogP contribution < -0.4 is 4.90 Å². The van der Waals surface area contributed by atoms with Crippen molar-refractivity contribution >= 4 is 5.69 Å². The van der Waals surface area contributed by atoms with Crippen LogP contribution in [0.4, 0.5) is 5.69 Å². The van der Waals surface area contributed by atoms with Crippen molar-refractivity contribution in [2.75, 3.05) is 19.0 Å². The highest BCUT2D eigenvalue weighted by Crippen LogP contribution is 2.26. The zero-order valence-electron chi connectivity index (χ0n) is 8.49. The lowest BCUT2D eigenvalue weighted by atomic mass is 10.0. The van der Waals surface area contributed by atoms with Gasteiger partial charge in [0.2, 0.25) is 0 Å². The molecule has 72 valence electrons. The highest BCUT2D eigenvalue weighted by atomic mass is 16.3. The number of benzene rings is 1. The number of hydrogen-bond donors (Lipinski definition) is 1.